The molecule has 0 radical (unpaired) electrons. The number of methoxy groups -OCH3 is 1. The normalized spacial score (nSPS) is 15.5. The number of aliphatic hydroxyl groups excluding tert-OH is 1. The van der Waals surface area contributed by atoms with Gasteiger partial charge in [0.2, 0.25) is 11.9 Å². The van der Waals surface area contributed by atoms with Crippen LogP contribution in [0.25, 0.3) is 0 Å². The summed E-state index contributed by atoms with van der Waals surface area (Å²) in [6, 6.07) is 12.1. The van der Waals surface area contributed by atoms with Gasteiger partial charge < -0.3 is 30.7 Å². The van der Waals surface area contributed by atoms with Crippen molar-refractivity contribution < 1.29 is 14.6 Å². The average molecular weight is 626 g/mol. The monoisotopic (exact) mass is 625 g/mol. The van der Waals surface area contributed by atoms with Gasteiger partial charge in [0.25, 0.3) is 0 Å². The summed E-state index contributed by atoms with van der Waals surface area (Å²) < 4.78 is 5.78. The number of ether oxygens (including phenoxy) is 1. The van der Waals surface area contributed by atoms with E-state index in [1.807, 2.05) is 37.3 Å². The van der Waals surface area contributed by atoms with Crippen molar-refractivity contribution in [1.29, 1.82) is 0 Å². The smallest absolute Gasteiger partial charge is 0.247 e. The van der Waals surface area contributed by atoms with Gasteiger partial charge >= 0.3 is 0 Å². The van der Waals surface area contributed by atoms with Crippen molar-refractivity contribution in [1.82, 2.24) is 14.9 Å². The van der Waals surface area contributed by atoms with E-state index in [9.17, 15) is 9.90 Å². The number of hydrogen-bond acceptors (Lipinski definition) is 9. The molecule has 4 rings (SSSR count). The molecular weight excluding hydrogens is 585 g/mol. The Kier molecular flexibility index (Phi) is 11.2. The first-order valence-corrected chi connectivity index (χ1v) is 16.9. The van der Waals surface area contributed by atoms with E-state index in [0.29, 0.717) is 40.5 Å². The summed E-state index contributed by atoms with van der Waals surface area (Å²) in [4.78, 5) is 26.0. The Morgan fingerprint density at radius 2 is 2.05 bits per heavy atom. The van der Waals surface area contributed by atoms with E-state index in [2.05, 4.69) is 68.6 Å². The van der Waals surface area contributed by atoms with E-state index < -0.39 is 6.10 Å². The topological polar surface area (TPSA) is 115 Å². The average Bonchev–Trinajstić information content (AvgIpc) is 3.47. The zero-order chi connectivity index (χ0) is 31.1. The number of carbonyl (C=O) groups is 1. The van der Waals surface area contributed by atoms with Crippen molar-refractivity contribution in [2.24, 2.45) is 0 Å². The Labute approximate surface area is 260 Å². The molecule has 0 spiro atoms. The van der Waals surface area contributed by atoms with Gasteiger partial charge in [-0.2, -0.15) is 4.98 Å². The first kappa shape index (κ1) is 32.5. The first-order valence-electron chi connectivity index (χ1n) is 14.3. The Bertz CT molecular complexity index is 1440. The standard InChI is InChI=1S/C31H41ClN7O3P/c1-7-29(41)34-24-15-25(27(42-4)16-26(24)39-14-13-21(19-39)38(8-2)18-20(3)40)36-31-33-17-22(32)30(37-31)35-23-11-9-10-12-28(23)43(5)6/h7,9-12,15-17,20-21,40H,1,8,13-14,18-19H2,2-6H3,(H,34,41)(H2,33,35,36,37). The Morgan fingerprint density at radius 1 is 1.28 bits per heavy atom. The van der Waals surface area contributed by atoms with Crippen LogP contribution in [0.1, 0.15) is 20.3 Å². The number of likely N-dealkylation sites (N-methyl/N-ethyl adjacent to an activating group) is 1. The van der Waals surface area contributed by atoms with E-state index >= 15 is 0 Å². The van der Waals surface area contributed by atoms with Crippen molar-refractivity contribution in [2.75, 3.05) is 67.5 Å². The van der Waals surface area contributed by atoms with Gasteiger partial charge in [0.05, 0.1) is 36.5 Å². The molecule has 2 atom stereocenters. The van der Waals surface area contributed by atoms with Crippen molar-refractivity contribution in [3.05, 3.63) is 60.3 Å². The number of nitrogens with one attached hydrogen (secondary N) is 3. The van der Waals surface area contributed by atoms with Gasteiger partial charge in [-0.1, -0.05) is 51.2 Å². The van der Waals surface area contributed by atoms with Crippen LogP contribution in [0.2, 0.25) is 5.02 Å². The second-order valence-electron chi connectivity index (χ2n) is 10.6. The Balaban J connectivity index is 1.64. The van der Waals surface area contributed by atoms with E-state index in [1.54, 1.807) is 13.3 Å². The van der Waals surface area contributed by atoms with Gasteiger partial charge in [0, 0.05) is 37.4 Å². The molecule has 43 heavy (non-hydrogen) atoms. The van der Waals surface area contributed by atoms with Crippen LogP contribution >= 0.6 is 19.5 Å². The third kappa shape index (κ3) is 8.15. The third-order valence-corrected chi connectivity index (χ3v) is 8.95. The molecule has 1 aliphatic rings. The summed E-state index contributed by atoms with van der Waals surface area (Å²) in [5, 5.41) is 21.1. The number of hydrogen-bond donors (Lipinski definition) is 4. The fourth-order valence-corrected chi connectivity index (χ4v) is 6.38. The molecule has 1 aliphatic heterocycles. The number of amides is 1. The van der Waals surface area contributed by atoms with E-state index in [-0.39, 0.29) is 19.9 Å². The number of carbonyl (C=O) groups excluding carboxylic acids is 1. The van der Waals surface area contributed by atoms with Crippen LogP contribution in [-0.4, -0.2) is 84.6 Å². The molecule has 2 aromatic carbocycles. The fraction of sp³-hybridized carbons (Fsp3) is 0.387. The lowest BCUT2D eigenvalue weighted by molar-refractivity contribution is -0.111. The lowest BCUT2D eigenvalue weighted by Crippen LogP contribution is -2.41. The van der Waals surface area contributed by atoms with Crippen molar-refractivity contribution in [2.45, 2.75) is 32.4 Å². The molecule has 0 saturated carbocycles. The number of rotatable bonds is 13. The van der Waals surface area contributed by atoms with Gasteiger partial charge in [-0.15, -0.1) is 0 Å². The number of anilines is 6. The number of halogens is 1. The predicted molar refractivity (Wildman–Crippen MR) is 180 cm³/mol. The molecule has 1 aromatic heterocycles. The predicted octanol–water partition coefficient (Wildman–Crippen LogP) is 5.40. The summed E-state index contributed by atoms with van der Waals surface area (Å²) in [7, 11) is 1.25. The van der Waals surface area contributed by atoms with Crippen molar-refractivity contribution in [3.8, 4) is 5.75 Å². The minimum atomic E-state index is -0.404. The molecule has 1 saturated heterocycles. The SMILES string of the molecule is C=CC(=O)Nc1cc(Nc2ncc(Cl)c(Nc3ccccc3P(C)C)n2)c(OC)cc1N1CCC(N(CC)CC(C)O)C1. The number of nitrogens with zero attached hydrogens (tertiary/aromatic N) is 4. The molecule has 1 fully saturated rings. The molecule has 3 aromatic rings. The van der Waals surface area contributed by atoms with Gasteiger partial charge in [-0.25, -0.2) is 4.98 Å². The van der Waals surface area contributed by atoms with Gasteiger partial charge in [0.15, 0.2) is 5.82 Å². The molecule has 230 valence electrons. The molecule has 0 aliphatic carbocycles. The highest BCUT2D eigenvalue weighted by Crippen LogP contribution is 2.40. The minimum absolute atomic E-state index is 0.279. The van der Waals surface area contributed by atoms with Crippen LogP contribution < -0.4 is 30.9 Å². The Hall–Kier alpha value is -3.43. The highest BCUT2D eigenvalue weighted by atomic mass is 35.5. The molecule has 2 unspecified atom stereocenters. The zero-order valence-electron chi connectivity index (χ0n) is 25.4. The number of aliphatic hydroxyl groups is 1. The summed E-state index contributed by atoms with van der Waals surface area (Å²) in [6.45, 7) is 14.9. The zero-order valence-corrected chi connectivity index (χ0v) is 27.0. The maximum absolute atomic E-state index is 12.5. The van der Waals surface area contributed by atoms with Crippen LogP contribution in [0, 0.1) is 0 Å². The molecule has 0 bridgehead atoms. The van der Waals surface area contributed by atoms with Crippen molar-refractivity contribution in [3.63, 3.8) is 0 Å². The Morgan fingerprint density at radius 3 is 2.72 bits per heavy atom. The molecule has 2 heterocycles. The number of benzene rings is 2. The largest absolute Gasteiger partial charge is 0.494 e. The molecule has 12 heteroatoms. The van der Waals surface area contributed by atoms with E-state index in [4.69, 9.17) is 16.3 Å². The fourth-order valence-electron chi connectivity index (χ4n) is 5.25. The van der Waals surface area contributed by atoms with E-state index in [1.165, 1.54) is 11.4 Å². The van der Waals surface area contributed by atoms with Gasteiger partial charge in [0.1, 0.15) is 10.8 Å². The quantitative estimate of drug-likeness (QED) is 0.146. The highest BCUT2D eigenvalue weighted by Gasteiger charge is 2.30. The third-order valence-electron chi connectivity index (χ3n) is 7.32. The van der Waals surface area contributed by atoms with Crippen LogP contribution in [0.15, 0.2) is 55.3 Å². The van der Waals surface area contributed by atoms with Crippen molar-refractivity contribution >= 4 is 65.2 Å². The van der Waals surface area contributed by atoms with Gasteiger partial charge in [-0.3, -0.25) is 9.69 Å². The maximum Gasteiger partial charge on any atom is 0.247 e. The second-order valence-corrected chi connectivity index (χ2v) is 13.3. The lowest BCUT2D eigenvalue weighted by Gasteiger charge is -2.29. The van der Waals surface area contributed by atoms with Crippen LogP contribution in [0.5, 0.6) is 5.75 Å². The van der Waals surface area contributed by atoms with Gasteiger partial charge in [-0.05, 0) is 56.7 Å². The van der Waals surface area contributed by atoms with E-state index in [0.717, 1.165) is 37.4 Å². The molecule has 1 amide bonds. The number of aromatic nitrogens is 2. The van der Waals surface area contributed by atoms with Crippen LogP contribution in [-0.2, 0) is 4.79 Å². The lowest BCUT2D eigenvalue weighted by atomic mass is 10.2. The molecular formula is C31H41ClN7O3P. The maximum atomic E-state index is 12.5. The minimum Gasteiger partial charge on any atom is -0.494 e. The summed E-state index contributed by atoms with van der Waals surface area (Å²) in [5.74, 6) is 1.02. The first-order chi connectivity index (χ1) is 20.6. The summed E-state index contributed by atoms with van der Waals surface area (Å²) in [5.41, 5.74) is 2.96. The highest BCUT2D eigenvalue weighted by molar-refractivity contribution is 7.64. The summed E-state index contributed by atoms with van der Waals surface area (Å²) >= 11 is 6.49. The second kappa shape index (κ2) is 14.8. The molecule has 10 nitrogen and oxygen atoms in total. The van der Waals surface area contributed by atoms with Crippen LogP contribution in [0.3, 0.4) is 0 Å². The molecule has 4 N–H and O–H groups in total. The summed E-state index contributed by atoms with van der Waals surface area (Å²) in [6.07, 6.45) is 3.32. The number of para-hydroxylation sites is 1. The van der Waals surface area contributed by atoms with Crippen LogP contribution in [0.4, 0.5) is 34.5 Å².